The Labute approximate surface area is 178 Å². The third kappa shape index (κ3) is 7.70. The van der Waals surface area contributed by atoms with Crippen LogP contribution in [0.4, 0.5) is 5.82 Å². The maximum absolute atomic E-state index is 12.0. The van der Waals surface area contributed by atoms with Crippen molar-refractivity contribution in [1.82, 2.24) is 9.55 Å². The Balaban J connectivity index is 2.12. The molecule has 21 heteroatoms. The second kappa shape index (κ2) is 10.1. The number of phosphoric acid groups is 3. The maximum Gasteiger partial charge on any atom is 0.490 e. The summed E-state index contributed by atoms with van der Waals surface area (Å²) in [7, 11) is -16.7. The molecule has 0 aliphatic carbocycles. The summed E-state index contributed by atoms with van der Waals surface area (Å²) in [4.78, 5) is 51.2. The van der Waals surface area contributed by atoms with Gasteiger partial charge in [0.15, 0.2) is 6.23 Å². The summed E-state index contributed by atoms with van der Waals surface area (Å²) in [5, 5.41) is 10.4. The average molecular weight is 529 g/mol. The fraction of sp³-hybridized carbons (Fsp3) is 0.600. The zero-order valence-electron chi connectivity index (χ0n) is 15.0. The number of hydrogen-bond donors (Lipinski definition) is 7. The average Bonchev–Trinajstić information content (AvgIpc) is 2.86. The molecule has 0 spiro atoms. The molecule has 0 aromatic carbocycles. The number of hydrogen-bond acceptors (Lipinski definition) is 13. The summed E-state index contributed by atoms with van der Waals surface area (Å²) in [5.41, 5.74) is 4.54. The Morgan fingerprint density at radius 2 is 1.84 bits per heavy atom. The van der Waals surface area contributed by atoms with Crippen LogP contribution in [0.1, 0.15) is 6.23 Å². The number of nitrogens with zero attached hydrogens (tertiary/aromatic N) is 2. The largest absolute Gasteiger partial charge is 0.490 e. The van der Waals surface area contributed by atoms with Crippen LogP contribution < -0.4 is 11.4 Å². The third-order valence-electron chi connectivity index (χ3n) is 3.52. The zero-order valence-corrected chi connectivity index (χ0v) is 18.6. The van der Waals surface area contributed by atoms with Gasteiger partial charge in [0.05, 0.1) is 12.5 Å². The van der Waals surface area contributed by atoms with E-state index in [0.717, 1.165) is 4.57 Å². The molecule has 0 amide bonds. The van der Waals surface area contributed by atoms with E-state index in [2.05, 4.69) is 30.8 Å². The standard InChI is InChI=1S/C10H18N3O14P3S/c11-6-1-2-13(10(15)12-6)9-8(23-4-31)7(14)5(25-9)3-24-29(19,20)27-30(21,22)26-28(16,17)18/h1-2,5,7-9,14,31H,3-4H2,(H,19,20)(H,21,22)(H2,11,12,15)(H2,16,17,18)/t5-,7+,8-,9-/m1/s1. The van der Waals surface area contributed by atoms with Crippen LogP contribution in [-0.2, 0) is 36.3 Å². The fourth-order valence-corrected chi connectivity index (χ4v) is 5.64. The van der Waals surface area contributed by atoms with Crippen LogP contribution in [0.3, 0.4) is 0 Å². The van der Waals surface area contributed by atoms with Gasteiger partial charge in [0.2, 0.25) is 0 Å². The minimum atomic E-state index is -5.71. The predicted molar refractivity (Wildman–Crippen MR) is 101 cm³/mol. The zero-order chi connectivity index (χ0) is 23.6. The molecule has 0 bridgehead atoms. The van der Waals surface area contributed by atoms with E-state index in [1.54, 1.807) is 0 Å². The van der Waals surface area contributed by atoms with Gasteiger partial charge >= 0.3 is 29.2 Å². The van der Waals surface area contributed by atoms with E-state index in [1.165, 1.54) is 12.3 Å². The maximum atomic E-state index is 12.0. The van der Waals surface area contributed by atoms with Gasteiger partial charge in [0, 0.05) is 6.20 Å². The molecule has 31 heavy (non-hydrogen) atoms. The summed E-state index contributed by atoms with van der Waals surface area (Å²) in [6.45, 7) is -0.953. The number of thiol groups is 1. The first-order valence-electron chi connectivity index (χ1n) is 7.83. The number of rotatable bonds is 10. The quantitative estimate of drug-likeness (QED) is 0.105. The summed E-state index contributed by atoms with van der Waals surface area (Å²) >= 11 is 3.86. The van der Waals surface area contributed by atoms with Gasteiger partial charge < -0.3 is 39.9 Å². The van der Waals surface area contributed by atoms with E-state index < -0.39 is 60.3 Å². The van der Waals surface area contributed by atoms with Gasteiger partial charge in [-0.05, 0) is 6.07 Å². The van der Waals surface area contributed by atoms with Crippen molar-refractivity contribution in [3.8, 4) is 0 Å². The lowest BCUT2D eigenvalue weighted by Crippen LogP contribution is -2.38. The summed E-state index contributed by atoms with van der Waals surface area (Å²) in [6, 6.07) is 1.26. The van der Waals surface area contributed by atoms with Gasteiger partial charge in [-0.25, -0.2) is 18.5 Å². The first-order chi connectivity index (χ1) is 14.1. The number of aliphatic hydroxyl groups excluding tert-OH is 1. The van der Waals surface area contributed by atoms with Crippen molar-refractivity contribution < 1.29 is 61.0 Å². The molecule has 178 valence electrons. The Kier molecular flexibility index (Phi) is 8.63. The first-order valence-corrected chi connectivity index (χ1v) is 13.0. The van der Waals surface area contributed by atoms with E-state index in [-0.39, 0.29) is 11.8 Å². The Hall–Kier alpha value is -0.680. The van der Waals surface area contributed by atoms with Crippen LogP contribution in [0.15, 0.2) is 17.1 Å². The van der Waals surface area contributed by atoms with Crippen molar-refractivity contribution in [3.63, 3.8) is 0 Å². The molecule has 1 aliphatic rings. The SMILES string of the molecule is Nc1ccn([C@@H]2O[C@H](COP(=O)(O)OP(=O)(O)OP(=O)(O)O)[C@H](O)[C@H]2OCS)c(=O)n1. The second-order valence-electron chi connectivity index (χ2n) is 5.75. The van der Waals surface area contributed by atoms with Gasteiger partial charge in [-0.15, -0.1) is 0 Å². The normalized spacial score (nSPS) is 28.2. The first kappa shape index (κ1) is 26.6. The minimum Gasteiger partial charge on any atom is -0.387 e. The molecule has 17 nitrogen and oxygen atoms in total. The molecule has 1 aromatic heterocycles. The smallest absolute Gasteiger partial charge is 0.387 e. The van der Waals surface area contributed by atoms with Crippen LogP contribution in [0.5, 0.6) is 0 Å². The summed E-state index contributed by atoms with van der Waals surface area (Å²) in [6.07, 6.45) is -4.33. The number of ether oxygens (including phenoxy) is 2. The highest BCUT2D eigenvalue weighted by Gasteiger charge is 2.48. The molecule has 0 saturated carbocycles. The van der Waals surface area contributed by atoms with Crippen LogP contribution >= 0.6 is 36.1 Å². The highest BCUT2D eigenvalue weighted by molar-refractivity contribution is 7.80. The number of aromatic nitrogens is 2. The Morgan fingerprint density at radius 1 is 1.19 bits per heavy atom. The molecular formula is C10H18N3O14P3S. The lowest BCUT2D eigenvalue weighted by atomic mass is 10.1. The van der Waals surface area contributed by atoms with Gasteiger partial charge in [-0.3, -0.25) is 9.09 Å². The van der Waals surface area contributed by atoms with E-state index in [1.807, 2.05) is 0 Å². The van der Waals surface area contributed by atoms with E-state index >= 15 is 0 Å². The van der Waals surface area contributed by atoms with Crippen molar-refractivity contribution in [2.75, 3.05) is 18.3 Å². The van der Waals surface area contributed by atoms with Crippen molar-refractivity contribution in [3.05, 3.63) is 22.7 Å². The lowest BCUT2D eigenvalue weighted by molar-refractivity contribution is -0.0642. The predicted octanol–water partition coefficient (Wildman–Crippen LogP) is -1.30. The van der Waals surface area contributed by atoms with Crippen LogP contribution in [0.25, 0.3) is 0 Å². The molecule has 2 heterocycles. The minimum absolute atomic E-state index is 0.0873. The molecule has 1 aromatic rings. The molecule has 2 unspecified atom stereocenters. The summed E-state index contributed by atoms with van der Waals surface area (Å²) in [5.74, 6) is -0.308. The molecule has 1 fully saturated rings. The number of nitrogens with two attached hydrogens (primary N) is 1. The molecule has 1 saturated heterocycles. The number of phosphoric ester groups is 1. The molecule has 1 aliphatic heterocycles. The van der Waals surface area contributed by atoms with Gasteiger partial charge in [-0.2, -0.15) is 26.2 Å². The third-order valence-corrected chi connectivity index (χ3v) is 7.48. The number of nitrogen functional groups attached to an aromatic ring is 1. The second-order valence-corrected chi connectivity index (χ2v) is 10.4. The van der Waals surface area contributed by atoms with E-state index in [4.69, 9.17) is 29.9 Å². The number of aliphatic hydroxyl groups is 1. The van der Waals surface area contributed by atoms with Crippen molar-refractivity contribution in [1.29, 1.82) is 0 Å². The highest BCUT2D eigenvalue weighted by Crippen LogP contribution is 2.66. The monoisotopic (exact) mass is 529 g/mol. The highest BCUT2D eigenvalue weighted by atomic mass is 32.1. The summed E-state index contributed by atoms with van der Waals surface area (Å²) < 4.78 is 56.9. The fourth-order valence-electron chi connectivity index (χ4n) is 2.44. The van der Waals surface area contributed by atoms with Crippen molar-refractivity contribution in [2.45, 2.75) is 24.5 Å². The Morgan fingerprint density at radius 3 is 2.39 bits per heavy atom. The van der Waals surface area contributed by atoms with Crippen molar-refractivity contribution >= 4 is 41.9 Å². The molecule has 2 rings (SSSR count). The molecule has 6 atom stereocenters. The molecular weight excluding hydrogens is 511 g/mol. The van der Waals surface area contributed by atoms with E-state index in [0.29, 0.717) is 0 Å². The number of anilines is 1. The molecule has 0 radical (unpaired) electrons. The van der Waals surface area contributed by atoms with Crippen LogP contribution in [-0.4, -0.2) is 65.1 Å². The van der Waals surface area contributed by atoms with Crippen LogP contribution in [0, 0.1) is 0 Å². The van der Waals surface area contributed by atoms with Crippen LogP contribution in [0.2, 0.25) is 0 Å². The van der Waals surface area contributed by atoms with E-state index in [9.17, 15) is 28.5 Å². The topological polar surface area (TPSA) is 259 Å². The van der Waals surface area contributed by atoms with Gasteiger partial charge in [-0.1, -0.05) is 0 Å². The van der Waals surface area contributed by atoms with Gasteiger partial charge in [0.1, 0.15) is 24.1 Å². The molecule has 7 N–H and O–H groups in total. The Bertz CT molecular complexity index is 985. The van der Waals surface area contributed by atoms with Crippen molar-refractivity contribution in [2.24, 2.45) is 0 Å². The van der Waals surface area contributed by atoms with Gasteiger partial charge in [0.25, 0.3) is 0 Å². The lowest BCUT2D eigenvalue weighted by Gasteiger charge is -2.21.